The van der Waals surface area contributed by atoms with Crippen molar-refractivity contribution in [1.82, 2.24) is 9.62 Å². The summed E-state index contributed by atoms with van der Waals surface area (Å²) in [5.74, 6) is 2.23. The van der Waals surface area contributed by atoms with E-state index >= 15 is 0 Å². The average Bonchev–Trinajstić information content (AvgIpc) is 2.87. The molecule has 0 aromatic heterocycles. The van der Waals surface area contributed by atoms with Gasteiger partial charge in [0.05, 0.1) is 20.8 Å². The minimum absolute atomic E-state index is 0.207. The van der Waals surface area contributed by atoms with E-state index in [9.17, 15) is 26.6 Å². The van der Waals surface area contributed by atoms with Gasteiger partial charge in [0.25, 0.3) is 5.91 Å². The van der Waals surface area contributed by atoms with E-state index in [1.165, 1.54) is 6.07 Å². The van der Waals surface area contributed by atoms with Crippen LogP contribution in [0.25, 0.3) is 0 Å². The number of nitrogens with zero attached hydrogens (tertiary/aromatic N) is 3. The number of piperazine rings is 1. The van der Waals surface area contributed by atoms with E-state index in [1.54, 1.807) is 29.0 Å². The smallest absolute Gasteiger partial charge is 0.371 e. The fourth-order valence-electron chi connectivity index (χ4n) is 4.69. The molecule has 6 nitrogen and oxygen atoms in total. The second-order valence-corrected chi connectivity index (χ2v) is 11.3. The van der Waals surface area contributed by atoms with Gasteiger partial charge >= 0.3 is 6.18 Å². The highest BCUT2D eigenvalue weighted by atomic mass is 32.2. The van der Waals surface area contributed by atoms with Gasteiger partial charge in [0.2, 0.25) is 0 Å². The molecule has 11 heteroatoms. The molecule has 0 bridgehead atoms. The molecule has 1 N–H and O–H groups in total. The molecule has 2 aromatic carbocycles. The molecule has 0 radical (unpaired) electrons. The molecule has 4 rings (SSSR count). The largest absolute Gasteiger partial charge is 0.419 e. The van der Waals surface area contributed by atoms with E-state index in [1.807, 2.05) is 6.07 Å². The predicted octanol–water partition coefficient (Wildman–Crippen LogP) is 4.01. The van der Waals surface area contributed by atoms with Crippen molar-refractivity contribution in [3.63, 3.8) is 0 Å². The first kappa shape index (κ1) is 26.3. The minimum atomic E-state index is -4.75. The monoisotopic (exact) mass is 526 g/mol. The number of alkyl halides is 3. The van der Waals surface area contributed by atoms with E-state index < -0.39 is 27.3 Å². The summed E-state index contributed by atoms with van der Waals surface area (Å²) in [4.78, 5) is 19.7. The van der Waals surface area contributed by atoms with E-state index in [0.717, 1.165) is 50.2 Å². The van der Waals surface area contributed by atoms with Gasteiger partial charge in [-0.25, -0.2) is 13.3 Å². The molecule has 196 valence electrons. The number of nitrogens with one attached hydrogen (secondary N) is 1. The van der Waals surface area contributed by atoms with Gasteiger partial charge in [0, 0.05) is 55.5 Å². The molecule has 1 unspecified atom stereocenters. The third-order valence-electron chi connectivity index (χ3n) is 6.80. The number of anilines is 2. The lowest BCUT2D eigenvalue weighted by Gasteiger charge is -2.37. The standard InChI is InChI=1S/C25H30F4N4O2S/c1-30-36(2,35)19-7-9-23(32-10-4-3-5-11-32)20(17-19)24(34)33-14-12-31(13-15-33)18-6-8-21(22(26)16-18)25(27,28)29/h6-9,16-17H,2-5,10-15H2,1H3,(H,30,35). The summed E-state index contributed by atoms with van der Waals surface area (Å²) in [5, 5.41) is 0. The lowest BCUT2D eigenvalue weighted by Crippen LogP contribution is -2.49. The number of carbonyl (C=O) groups excluding carboxylic acids is 1. The number of piperidine rings is 1. The quantitative estimate of drug-likeness (QED) is 0.473. The van der Waals surface area contributed by atoms with Crippen LogP contribution in [0.4, 0.5) is 28.9 Å². The van der Waals surface area contributed by atoms with E-state index in [0.29, 0.717) is 42.3 Å². The van der Waals surface area contributed by atoms with Crippen LogP contribution in [0.5, 0.6) is 0 Å². The normalized spacial score (nSPS) is 18.8. The molecular weight excluding hydrogens is 496 g/mol. The maximum Gasteiger partial charge on any atom is 0.419 e. The Labute approximate surface area is 209 Å². The Bertz CT molecular complexity index is 1220. The van der Waals surface area contributed by atoms with Crippen molar-refractivity contribution in [2.75, 3.05) is 56.1 Å². The second-order valence-electron chi connectivity index (χ2n) is 9.05. The lowest BCUT2D eigenvalue weighted by atomic mass is 10.1. The molecule has 1 atom stereocenters. The molecule has 0 saturated carbocycles. The first-order valence-corrected chi connectivity index (χ1v) is 13.6. The number of benzene rings is 2. The van der Waals surface area contributed by atoms with Crippen molar-refractivity contribution >= 4 is 32.9 Å². The zero-order chi connectivity index (χ0) is 26.1. The number of hydrogen-bond acceptors (Lipinski definition) is 4. The molecule has 2 saturated heterocycles. The van der Waals surface area contributed by atoms with Gasteiger partial charge in [-0.15, -0.1) is 0 Å². The first-order chi connectivity index (χ1) is 17.0. The van der Waals surface area contributed by atoms with Crippen LogP contribution in [0.3, 0.4) is 0 Å². The van der Waals surface area contributed by atoms with E-state index in [2.05, 4.69) is 15.5 Å². The predicted molar refractivity (Wildman–Crippen MR) is 135 cm³/mol. The van der Waals surface area contributed by atoms with Gasteiger partial charge in [0.15, 0.2) is 0 Å². The molecule has 36 heavy (non-hydrogen) atoms. The highest BCUT2D eigenvalue weighted by molar-refractivity contribution is 7.98. The molecule has 2 fully saturated rings. The molecule has 0 spiro atoms. The van der Waals surface area contributed by atoms with Crippen LogP contribution in [0, 0.1) is 5.82 Å². The number of halogens is 4. The highest BCUT2D eigenvalue weighted by Crippen LogP contribution is 2.34. The van der Waals surface area contributed by atoms with Crippen LogP contribution in [0.1, 0.15) is 35.2 Å². The summed E-state index contributed by atoms with van der Waals surface area (Å²) < 4.78 is 68.3. The molecule has 2 heterocycles. The Balaban J connectivity index is 1.54. The summed E-state index contributed by atoms with van der Waals surface area (Å²) in [5.41, 5.74) is 0.292. The van der Waals surface area contributed by atoms with Crippen molar-refractivity contribution in [3.05, 3.63) is 53.3 Å². The van der Waals surface area contributed by atoms with Crippen molar-refractivity contribution in [2.24, 2.45) is 0 Å². The summed E-state index contributed by atoms with van der Waals surface area (Å²) >= 11 is 0. The molecule has 1 amide bonds. The summed E-state index contributed by atoms with van der Waals surface area (Å²) in [7, 11) is -1.20. The fourth-order valence-corrected chi connectivity index (χ4v) is 5.52. The molecule has 2 aliphatic rings. The minimum Gasteiger partial charge on any atom is -0.371 e. The van der Waals surface area contributed by atoms with Gasteiger partial charge in [-0.3, -0.25) is 4.79 Å². The Morgan fingerprint density at radius 2 is 1.61 bits per heavy atom. The van der Waals surface area contributed by atoms with E-state index in [-0.39, 0.29) is 5.91 Å². The van der Waals surface area contributed by atoms with Crippen LogP contribution in [-0.2, 0) is 15.9 Å². The maximum absolute atomic E-state index is 14.1. The zero-order valence-corrected chi connectivity index (χ0v) is 20.9. The number of rotatable bonds is 5. The van der Waals surface area contributed by atoms with Crippen molar-refractivity contribution in [3.8, 4) is 0 Å². The van der Waals surface area contributed by atoms with Crippen molar-refractivity contribution < 1.29 is 26.6 Å². The maximum atomic E-state index is 14.1. The van der Waals surface area contributed by atoms with Crippen LogP contribution in [0.2, 0.25) is 0 Å². The molecule has 2 aromatic rings. The lowest BCUT2D eigenvalue weighted by molar-refractivity contribution is -0.139. The van der Waals surface area contributed by atoms with Crippen LogP contribution >= 0.6 is 0 Å². The summed E-state index contributed by atoms with van der Waals surface area (Å²) in [6.45, 7) is 2.99. The molecule has 2 aliphatic heterocycles. The number of amides is 1. The van der Waals surface area contributed by atoms with Crippen molar-refractivity contribution in [1.29, 1.82) is 0 Å². The van der Waals surface area contributed by atoms with Gasteiger partial charge in [-0.2, -0.15) is 13.2 Å². The Kier molecular flexibility index (Phi) is 7.51. The summed E-state index contributed by atoms with van der Waals surface area (Å²) in [6, 6.07) is 8.11. The van der Waals surface area contributed by atoms with Crippen LogP contribution in [0.15, 0.2) is 41.3 Å². The van der Waals surface area contributed by atoms with E-state index in [4.69, 9.17) is 0 Å². The second kappa shape index (κ2) is 10.3. The van der Waals surface area contributed by atoms with Crippen LogP contribution < -0.4 is 14.5 Å². The molecule has 0 aliphatic carbocycles. The zero-order valence-electron chi connectivity index (χ0n) is 20.1. The SMILES string of the molecule is C=S(=O)(NC)c1ccc(N2CCCCC2)c(C(=O)N2CCN(c3ccc(C(F)(F)F)c(F)c3)CC2)c1. The number of carbonyl (C=O) groups is 1. The topological polar surface area (TPSA) is 55.9 Å². The van der Waals surface area contributed by atoms with Gasteiger partial charge < -0.3 is 14.7 Å². The third kappa shape index (κ3) is 5.46. The Hall–Kier alpha value is -2.79. The average molecular weight is 527 g/mol. The fraction of sp³-hybridized carbons (Fsp3) is 0.440. The third-order valence-corrected chi connectivity index (χ3v) is 8.47. The van der Waals surface area contributed by atoms with Crippen LogP contribution in [-0.4, -0.2) is 67.2 Å². The number of hydrogen-bond donors (Lipinski definition) is 1. The van der Waals surface area contributed by atoms with Crippen molar-refractivity contribution in [2.45, 2.75) is 30.3 Å². The summed E-state index contributed by atoms with van der Waals surface area (Å²) in [6.07, 6.45) is -1.56. The molecular formula is C25H30F4N4O2S. The Morgan fingerprint density at radius 3 is 2.19 bits per heavy atom. The van der Waals surface area contributed by atoms with Gasteiger partial charge in [-0.1, -0.05) is 0 Å². The highest BCUT2D eigenvalue weighted by Gasteiger charge is 2.34. The first-order valence-electron chi connectivity index (χ1n) is 11.9. The Morgan fingerprint density at radius 1 is 0.944 bits per heavy atom. The van der Waals surface area contributed by atoms with Gasteiger partial charge in [0.1, 0.15) is 5.82 Å². The van der Waals surface area contributed by atoms with Gasteiger partial charge in [-0.05, 0) is 68.6 Å².